The minimum atomic E-state index is -0.332. The Kier molecular flexibility index (Phi) is 5.59. The number of carbonyl (C=O) groups is 1. The summed E-state index contributed by atoms with van der Waals surface area (Å²) in [6.45, 7) is 2.91. The zero-order valence-corrected chi connectivity index (χ0v) is 14.5. The van der Waals surface area contributed by atoms with Crippen molar-refractivity contribution in [2.75, 3.05) is 11.4 Å². The minimum Gasteiger partial charge on any atom is -0.348 e. The summed E-state index contributed by atoms with van der Waals surface area (Å²) in [5.74, 6) is -0.618. The lowest BCUT2D eigenvalue weighted by Gasteiger charge is -2.23. The van der Waals surface area contributed by atoms with Crippen LogP contribution in [0.3, 0.4) is 0 Å². The largest absolute Gasteiger partial charge is 0.348 e. The van der Waals surface area contributed by atoms with E-state index in [0.717, 1.165) is 17.9 Å². The summed E-state index contributed by atoms with van der Waals surface area (Å²) >= 11 is 0. The first-order valence-electron chi connectivity index (χ1n) is 8.48. The molecule has 5 heteroatoms. The first-order valence-corrected chi connectivity index (χ1v) is 8.48. The smallest absolute Gasteiger partial charge is 0.253 e. The van der Waals surface area contributed by atoms with Gasteiger partial charge in [0.15, 0.2) is 0 Å². The summed E-state index contributed by atoms with van der Waals surface area (Å²) in [5.41, 5.74) is 2.75. The molecule has 26 heavy (non-hydrogen) atoms. The van der Waals surface area contributed by atoms with E-state index < -0.39 is 0 Å². The van der Waals surface area contributed by atoms with Crippen LogP contribution in [0.4, 0.5) is 15.8 Å². The molecule has 1 aromatic heterocycles. The zero-order valence-electron chi connectivity index (χ0n) is 14.5. The lowest BCUT2D eigenvalue weighted by Crippen LogP contribution is -2.24. The third-order valence-electron chi connectivity index (χ3n) is 4.08. The molecule has 0 fully saturated rings. The Morgan fingerprint density at radius 2 is 1.77 bits per heavy atom. The molecule has 1 N–H and O–H groups in total. The highest BCUT2D eigenvalue weighted by atomic mass is 19.1. The molecule has 0 radical (unpaired) electrons. The number of halogens is 1. The molecule has 1 amide bonds. The van der Waals surface area contributed by atoms with Crippen LogP contribution in [0, 0.1) is 5.82 Å². The monoisotopic (exact) mass is 349 g/mol. The van der Waals surface area contributed by atoms with Gasteiger partial charge >= 0.3 is 0 Å². The Labute approximate surface area is 152 Å². The Bertz CT molecular complexity index is 883. The number of nitrogens with zero attached hydrogens (tertiary/aromatic N) is 2. The van der Waals surface area contributed by atoms with Gasteiger partial charge in [-0.1, -0.05) is 36.4 Å². The Morgan fingerprint density at radius 3 is 2.50 bits per heavy atom. The minimum absolute atomic E-state index is 0.131. The average Bonchev–Trinajstić information content (AvgIpc) is 2.69. The second-order valence-electron chi connectivity index (χ2n) is 5.79. The number of benzene rings is 2. The van der Waals surface area contributed by atoms with E-state index >= 15 is 0 Å². The highest BCUT2D eigenvalue weighted by Gasteiger charge is 2.12. The molecule has 2 aromatic carbocycles. The van der Waals surface area contributed by atoms with E-state index in [2.05, 4.69) is 15.2 Å². The topological polar surface area (TPSA) is 45.2 Å². The SMILES string of the molecule is CCN(c1ccccc1)c1cncc(C(=O)NCc2ccccc2F)c1. The second-order valence-corrected chi connectivity index (χ2v) is 5.79. The number of hydrogen-bond donors (Lipinski definition) is 1. The molecule has 0 aliphatic carbocycles. The van der Waals surface area contributed by atoms with E-state index in [-0.39, 0.29) is 18.3 Å². The third kappa shape index (κ3) is 4.06. The van der Waals surface area contributed by atoms with Gasteiger partial charge in [0.05, 0.1) is 17.4 Å². The fourth-order valence-corrected chi connectivity index (χ4v) is 2.74. The van der Waals surface area contributed by atoms with E-state index in [1.165, 1.54) is 12.3 Å². The Morgan fingerprint density at radius 1 is 1.04 bits per heavy atom. The van der Waals surface area contributed by atoms with Crippen molar-refractivity contribution >= 4 is 17.3 Å². The van der Waals surface area contributed by atoms with Crippen LogP contribution in [0.2, 0.25) is 0 Å². The molecule has 0 spiro atoms. The van der Waals surface area contributed by atoms with Gasteiger partial charge in [-0.3, -0.25) is 9.78 Å². The van der Waals surface area contributed by atoms with Gasteiger partial charge in [-0.05, 0) is 31.2 Å². The summed E-state index contributed by atoms with van der Waals surface area (Å²) in [6, 6.07) is 18.1. The molecule has 0 saturated heterocycles. The summed E-state index contributed by atoms with van der Waals surface area (Å²) < 4.78 is 13.7. The van der Waals surface area contributed by atoms with Crippen molar-refractivity contribution in [2.24, 2.45) is 0 Å². The molecule has 1 heterocycles. The molecule has 0 bridgehead atoms. The first kappa shape index (κ1) is 17.6. The number of para-hydroxylation sites is 1. The summed E-state index contributed by atoms with van der Waals surface area (Å²) in [7, 11) is 0. The zero-order chi connectivity index (χ0) is 18.4. The average molecular weight is 349 g/mol. The number of amides is 1. The summed E-state index contributed by atoms with van der Waals surface area (Å²) in [5, 5.41) is 2.74. The van der Waals surface area contributed by atoms with Gasteiger partial charge in [0, 0.05) is 30.5 Å². The van der Waals surface area contributed by atoms with Crippen LogP contribution in [0.25, 0.3) is 0 Å². The molecule has 4 nitrogen and oxygen atoms in total. The van der Waals surface area contributed by atoms with Crippen LogP contribution in [-0.2, 0) is 6.54 Å². The lowest BCUT2D eigenvalue weighted by molar-refractivity contribution is 0.0950. The van der Waals surface area contributed by atoms with Gasteiger partial charge < -0.3 is 10.2 Å². The van der Waals surface area contributed by atoms with Gasteiger partial charge in [0.1, 0.15) is 5.82 Å². The molecule has 0 atom stereocenters. The number of aromatic nitrogens is 1. The number of hydrogen-bond acceptors (Lipinski definition) is 3. The molecule has 0 aliphatic heterocycles. The second kappa shape index (κ2) is 8.25. The maximum atomic E-state index is 13.7. The van der Waals surface area contributed by atoms with Crippen molar-refractivity contribution in [3.63, 3.8) is 0 Å². The molecular weight excluding hydrogens is 329 g/mol. The number of nitrogens with one attached hydrogen (secondary N) is 1. The highest BCUT2D eigenvalue weighted by molar-refractivity contribution is 5.94. The number of carbonyl (C=O) groups excluding carboxylic acids is 1. The predicted octanol–water partition coefficient (Wildman–Crippen LogP) is 4.31. The Balaban J connectivity index is 1.76. The van der Waals surface area contributed by atoms with Crippen LogP contribution in [0.5, 0.6) is 0 Å². The van der Waals surface area contributed by atoms with E-state index in [4.69, 9.17) is 0 Å². The van der Waals surface area contributed by atoms with Crippen molar-refractivity contribution in [1.82, 2.24) is 10.3 Å². The van der Waals surface area contributed by atoms with Crippen molar-refractivity contribution in [1.29, 1.82) is 0 Å². The summed E-state index contributed by atoms with van der Waals surface area (Å²) in [6.07, 6.45) is 3.24. The lowest BCUT2D eigenvalue weighted by atomic mass is 10.2. The van der Waals surface area contributed by atoms with Gasteiger partial charge in [0.2, 0.25) is 0 Å². The van der Waals surface area contributed by atoms with Gasteiger partial charge in [-0.25, -0.2) is 4.39 Å². The molecular formula is C21H20FN3O. The van der Waals surface area contributed by atoms with Crippen LogP contribution in [0.15, 0.2) is 73.1 Å². The van der Waals surface area contributed by atoms with Crippen LogP contribution in [0.1, 0.15) is 22.8 Å². The number of anilines is 2. The third-order valence-corrected chi connectivity index (χ3v) is 4.08. The predicted molar refractivity (Wildman–Crippen MR) is 101 cm³/mol. The number of pyridine rings is 1. The van der Waals surface area contributed by atoms with Crippen molar-refractivity contribution in [2.45, 2.75) is 13.5 Å². The fourth-order valence-electron chi connectivity index (χ4n) is 2.74. The number of rotatable bonds is 6. The fraction of sp³-hybridized carbons (Fsp3) is 0.143. The Hall–Kier alpha value is -3.21. The van der Waals surface area contributed by atoms with Crippen molar-refractivity contribution in [3.8, 4) is 0 Å². The van der Waals surface area contributed by atoms with Crippen molar-refractivity contribution in [3.05, 3.63) is 90.0 Å². The maximum absolute atomic E-state index is 13.7. The van der Waals surface area contributed by atoms with E-state index in [1.54, 1.807) is 30.5 Å². The van der Waals surface area contributed by atoms with Gasteiger partial charge in [-0.2, -0.15) is 0 Å². The van der Waals surface area contributed by atoms with Crippen molar-refractivity contribution < 1.29 is 9.18 Å². The molecule has 3 rings (SSSR count). The molecule has 0 saturated carbocycles. The quantitative estimate of drug-likeness (QED) is 0.721. The summed E-state index contributed by atoms with van der Waals surface area (Å²) in [4.78, 5) is 18.7. The van der Waals surface area contributed by atoms with Crippen LogP contribution < -0.4 is 10.2 Å². The molecule has 0 unspecified atom stereocenters. The van der Waals surface area contributed by atoms with E-state index in [1.807, 2.05) is 37.3 Å². The standard InChI is InChI=1S/C21H20FN3O/c1-2-25(18-9-4-3-5-10-18)19-12-17(13-23-15-19)21(26)24-14-16-8-6-7-11-20(16)22/h3-13,15H,2,14H2,1H3,(H,24,26). The van der Waals surface area contributed by atoms with E-state index in [9.17, 15) is 9.18 Å². The molecule has 3 aromatic rings. The maximum Gasteiger partial charge on any atom is 0.253 e. The van der Waals surface area contributed by atoms with Crippen LogP contribution in [-0.4, -0.2) is 17.4 Å². The first-order chi connectivity index (χ1) is 12.7. The molecule has 132 valence electrons. The molecule has 0 aliphatic rings. The normalized spacial score (nSPS) is 10.4. The highest BCUT2D eigenvalue weighted by Crippen LogP contribution is 2.24. The van der Waals surface area contributed by atoms with Gasteiger partial charge in [-0.15, -0.1) is 0 Å². The van der Waals surface area contributed by atoms with Crippen LogP contribution >= 0.6 is 0 Å². The van der Waals surface area contributed by atoms with E-state index in [0.29, 0.717) is 11.1 Å². The van der Waals surface area contributed by atoms with Gasteiger partial charge in [0.25, 0.3) is 5.91 Å².